The van der Waals surface area contributed by atoms with E-state index in [1.807, 2.05) is 62.1 Å². The molecule has 0 unspecified atom stereocenters. The number of phenolic OH excluding ortho intramolecular Hbond substituents is 1. The number of urea groups is 1. The molecule has 4 heterocycles. The third-order valence-corrected chi connectivity index (χ3v) is 8.91. The smallest absolute Gasteiger partial charge is 0.324 e. The summed E-state index contributed by atoms with van der Waals surface area (Å²) in [6.07, 6.45) is 3.43. The van der Waals surface area contributed by atoms with E-state index in [0.29, 0.717) is 77.7 Å². The van der Waals surface area contributed by atoms with Gasteiger partial charge in [-0.15, -0.1) is 0 Å². The summed E-state index contributed by atoms with van der Waals surface area (Å²) < 4.78 is 11.2. The van der Waals surface area contributed by atoms with Crippen molar-refractivity contribution in [2.45, 2.75) is 32.7 Å². The summed E-state index contributed by atoms with van der Waals surface area (Å²) in [6.45, 7) is 8.84. The van der Waals surface area contributed by atoms with Crippen LogP contribution in [0.3, 0.4) is 0 Å². The molecule has 1 aliphatic rings. The monoisotopic (exact) mass is 686 g/mol. The van der Waals surface area contributed by atoms with E-state index in [4.69, 9.17) is 8.94 Å². The van der Waals surface area contributed by atoms with E-state index in [1.54, 1.807) is 54.6 Å². The summed E-state index contributed by atoms with van der Waals surface area (Å²) in [6, 6.07) is 22.7. The van der Waals surface area contributed by atoms with Crippen molar-refractivity contribution < 1.29 is 28.4 Å². The molecule has 3 aromatic heterocycles. The number of nitrogens with zero attached hydrogens (tertiary/aromatic N) is 3. The number of hydrogen-bond acceptors (Lipinski definition) is 8. The van der Waals surface area contributed by atoms with Gasteiger partial charge in [0.2, 0.25) is 11.7 Å². The number of hydrogen-bond donors (Lipinski definition) is 4. The molecule has 12 heteroatoms. The average Bonchev–Trinajstić information content (AvgIpc) is 3.87. The van der Waals surface area contributed by atoms with Crippen LogP contribution >= 0.6 is 0 Å². The maximum Gasteiger partial charge on any atom is 0.324 e. The molecule has 6 aromatic rings. The van der Waals surface area contributed by atoms with Gasteiger partial charge in [-0.1, -0.05) is 56.3 Å². The van der Waals surface area contributed by atoms with E-state index in [1.165, 1.54) is 0 Å². The van der Waals surface area contributed by atoms with E-state index in [-0.39, 0.29) is 28.6 Å². The number of phenols is 1. The number of piperazine rings is 1. The minimum atomic E-state index is -0.494. The van der Waals surface area contributed by atoms with Crippen molar-refractivity contribution in [2.75, 3.05) is 36.8 Å². The number of aromatic hydroxyl groups is 1. The van der Waals surface area contributed by atoms with Crippen LogP contribution in [0, 0.1) is 0 Å². The van der Waals surface area contributed by atoms with Crippen LogP contribution in [0.5, 0.6) is 5.75 Å². The average molecular weight is 687 g/mol. The highest BCUT2D eigenvalue weighted by Crippen LogP contribution is 2.32. The highest BCUT2D eigenvalue weighted by molar-refractivity contribution is 6.11. The molecule has 0 radical (unpaired) electrons. The molecule has 12 nitrogen and oxygen atoms in total. The zero-order valence-electron chi connectivity index (χ0n) is 28.5. The van der Waals surface area contributed by atoms with E-state index in [0.717, 1.165) is 10.9 Å². The molecule has 260 valence electrons. The second-order valence-corrected chi connectivity index (χ2v) is 13.7. The number of carbonyl (C=O) groups is 3. The molecule has 0 atom stereocenters. The first-order valence-electron chi connectivity index (χ1n) is 16.7. The Morgan fingerprint density at radius 1 is 0.941 bits per heavy atom. The number of aromatic amines is 1. The van der Waals surface area contributed by atoms with Crippen molar-refractivity contribution in [1.82, 2.24) is 19.9 Å². The van der Waals surface area contributed by atoms with Crippen LogP contribution < -0.4 is 10.6 Å². The molecule has 1 fully saturated rings. The van der Waals surface area contributed by atoms with Crippen molar-refractivity contribution in [2.24, 2.45) is 0 Å². The number of H-pyrrole nitrogens is 1. The Morgan fingerprint density at radius 3 is 2.47 bits per heavy atom. The number of furan rings is 1. The van der Waals surface area contributed by atoms with Gasteiger partial charge in [0.25, 0.3) is 0 Å². The van der Waals surface area contributed by atoms with Gasteiger partial charge in [-0.2, -0.15) is 0 Å². The van der Waals surface area contributed by atoms with Crippen molar-refractivity contribution in [3.05, 3.63) is 113 Å². The van der Waals surface area contributed by atoms with Crippen LogP contribution in [0.25, 0.3) is 27.9 Å². The van der Waals surface area contributed by atoms with Gasteiger partial charge in [0.05, 0.1) is 5.69 Å². The lowest BCUT2D eigenvalue weighted by Gasteiger charge is -2.34. The quantitative estimate of drug-likeness (QED) is 0.0973. The van der Waals surface area contributed by atoms with Crippen LogP contribution in [0.2, 0.25) is 0 Å². The number of fused-ring (bicyclic) bond motifs is 2. The maximum absolute atomic E-state index is 13.6. The summed E-state index contributed by atoms with van der Waals surface area (Å²) in [4.78, 5) is 46.2. The van der Waals surface area contributed by atoms with Gasteiger partial charge in [0.1, 0.15) is 17.1 Å². The number of rotatable bonds is 8. The minimum Gasteiger partial charge on any atom is -0.508 e. The summed E-state index contributed by atoms with van der Waals surface area (Å²) >= 11 is 0. The predicted octanol–water partition coefficient (Wildman–Crippen LogP) is 7.14. The van der Waals surface area contributed by atoms with Crippen molar-refractivity contribution in [1.29, 1.82) is 0 Å². The van der Waals surface area contributed by atoms with Gasteiger partial charge in [0, 0.05) is 77.8 Å². The molecule has 3 amide bonds. The second-order valence-electron chi connectivity index (χ2n) is 13.7. The van der Waals surface area contributed by atoms with E-state index in [2.05, 4.69) is 25.7 Å². The highest BCUT2D eigenvalue weighted by Gasteiger charge is 2.24. The Labute approximate surface area is 293 Å². The van der Waals surface area contributed by atoms with E-state index < -0.39 is 6.03 Å². The Morgan fingerprint density at radius 2 is 1.73 bits per heavy atom. The molecule has 1 saturated heterocycles. The van der Waals surface area contributed by atoms with Crippen molar-refractivity contribution in [3.63, 3.8) is 0 Å². The number of ketones is 1. The first kappa shape index (κ1) is 33.4. The largest absolute Gasteiger partial charge is 0.508 e. The normalized spacial score (nSPS) is 14.1. The lowest BCUT2D eigenvalue weighted by molar-refractivity contribution is -0.127. The van der Waals surface area contributed by atoms with Gasteiger partial charge >= 0.3 is 6.03 Å². The fraction of sp³-hybridized carbons (Fsp3) is 0.231. The van der Waals surface area contributed by atoms with Gasteiger partial charge in [0.15, 0.2) is 11.6 Å². The number of carbonyl (C=O) groups excluding carboxylic acids is 3. The topological polar surface area (TPSA) is 157 Å². The zero-order valence-corrected chi connectivity index (χ0v) is 28.5. The minimum absolute atomic E-state index is 0.0292. The van der Waals surface area contributed by atoms with E-state index >= 15 is 0 Å². The van der Waals surface area contributed by atoms with Gasteiger partial charge in [-0.25, -0.2) is 4.79 Å². The summed E-state index contributed by atoms with van der Waals surface area (Å²) in [5.41, 5.74) is 3.43. The van der Waals surface area contributed by atoms with Gasteiger partial charge in [-0.05, 0) is 54.1 Å². The number of amides is 3. The Hall–Kier alpha value is -6.14. The molecule has 3 aromatic carbocycles. The molecule has 0 aliphatic carbocycles. The summed E-state index contributed by atoms with van der Waals surface area (Å²) in [7, 11) is 0. The van der Waals surface area contributed by atoms with Crippen LogP contribution in [0.1, 0.15) is 53.9 Å². The molecule has 1 aliphatic heterocycles. The standard InChI is InChI=1S/C39H38N6O6/c1-39(2,3)34-22-35(43-51-34)42-38(49)40-26-10-13-32-25(19-26)20-33(50-32)37(48)30-21-27-28(31(46)12-11-29(27)41-30)23-44-15-17-45(18-16-44)36(47)14-9-24-7-5-4-6-8-24/h4-14,19-22,41,46H,15-18,23H2,1-3H3,(H2,40,42,43,49). The summed E-state index contributed by atoms with van der Waals surface area (Å²) in [5.74, 6) is 0.828. The third kappa shape index (κ3) is 7.41. The SMILES string of the molecule is CC(C)(C)c1cc(NC(=O)Nc2ccc3oc(C(=O)c4cc5c(CN6CCN(C(=O)C=Cc7ccccc7)CC6)c(O)ccc5[nH]4)cc3c2)no1. The van der Waals surface area contributed by atoms with E-state index in [9.17, 15) is 19.5 Å². The van der Waals surface area contributed by atoms with Crippen molar-refractivity contribution >= 4 is 57.2 Å². The van der Waals surface area contributed by atoms with Gasteiger partial charge in [-0.3, -0.25) is 19.8 Å². The van der Waals surface area contributed by atoms with Crippen LogP contribution in [-0.4, -0.2) is 68.9 Å². The number of benzene rings is 3. The Balaban J connectivity index is 1.00. The third-order valence-electron chi connectivity index (χ3n) is 8.91. The maximum atomic E-state index is 13.6. The lowest BCUT2D eigenvalue weighted by Crippen LogP contribution is -2.47. The van der Waals surface area contributed by atoms with Crippen molar-refractivity contribution in [3.8, 4) is 5.75 Å². The Kier molecular flexibility index (Phi) is 8.92. The second kappa shape index (κ2) is 13.6. The molecule has 0 spiro atoms. The molecule has 7 rings (SSSR count). The first-order valence-corrected chi connectivity index (χ1v) is 16.7. The first-order chi connectivity index (χ1) is 24.5. The van der Waals surface area contributed by atoms with Gasteiger partial charge < -0.3 is 29.2 Å². The lowest BCUT2D eigenvalue weighted by atomic mass is 9.93. The highest BCUT2D eigenvalue weighted by atomic mass is 16.5. The molecule has 51 heavy (non-hydrogen) atoms. The molecule has 4 N–H and O–H groups in total. The number of nitrogens with one attached hydrogen (secondary N) is 3. The fourth-order valence-corrected chi connectivity index (χ4v) is 6.06. The van der Waals surface area contributed by atoms with Crippen LogP contribution in [-0.2, 0) is 16.8 Å². The molecule has 0 saturated carbocycles. The summed E-state index contributed by atoms with van der Waals surface area (Å²) in [5, 5.41) is 21.6. The van der Waals surface area contributed by atoms with Crippen LogP contribution in [0.15, 0.2) is 93.9 Å². The predicted molar refractivity (Wildman–Crippen MR) is 195 cm³/mol. The molecule has 0 bridgehead atoms. The molecular formula is C39H38N6O6. The molecular weight excluding hydrogens is 648 g/mol. The fourth-order valence-electron chi connectivity index (χ4n) is 6.06. The zero-order chi connectivity index (χ0) is 35.7. The number of anilines is 2. The Bertz CT molecular complexity index is 2270. The van der Waals surface area contributed by atoms with Crippen LogP contribution in [0.4, 0.5) is 16.3 Å². The number of aromatic nitrogens is 2.